The van der Waals surface area contributed by atoms with Gasteiger partial charge in [-0.3, -0.25) is 9.69 Å². The van der Waals surface area contributed by atoms with E-state index in [4.69, 9.17) is 16.3 Å². The molecule has 2 aromatic rings. The van der Waals surface area contributed by atoms with Crippen LogP contribution in [-0.2, 0) is 17.6 Å². The first-order valence-electron chi connectivity index (χ1n) is 9.15. The minimum Gasteiger partial charge on any atom is -0.495 e. The highest BCUT2D eigenvalue weighted by molar-refractivity contribution is 6.31. The number of anilines is 1. The summed E-state index contributed by atoms with van der Waals surface area (Å²) in [6.45, 7) is 0.921. The van der Waals surface area contributed by atoms with Gasteiger partial charge in [0.25, 0.3) is 0 Å². The molecule has 2 fully saturated rings. The molecular weight excluding hydrogens is 348 g/mol. The van der Waals surface area contributed by atoms with Gasteiger partial charge in [0.1, 0.15) is 5.75 Å². The molecule has 0 unspecified atom stereocenters. The molecule has 134 valence electrons. The predicted molar refractivity (Wildman–Crippen MR) is 102 cm³/mol. The standard InChI is InChI=1S/C21H21ClN2O2/c1-26-20-7-6-15(22)10-18(20)24-17-11-19(21(24)25)23(12-17)16-8-13-4-2-3-5-14(13)9-16/h2-7,10,16-17,19H,8-9,11-12H2,1H3/t17-,19-/m0/s1. The van der Waals surface area contributed by atoms with Gasteiger partial charge in [0.05, 0.1) is 24.9 Å². The number of ether oxygens (including phenoxy) is 1. The Hall–Kier alpha value is -2.04. The molecule has 1 amide bonds. The van der Waals surface area contributed by atoms with Crippen LogP contribution in [0, 0.1) is 0 Å². The minimum atomic E-state index is -0.0250. The minimum absolute atomic E-state index is 0.0250. The number of carbonyl (C=O) groups excluding carboxylic acids is 1. The van der Waals surface area contributed by atoms with Crippen molar-refractivity contribution < 1.29 is 9.53 Å². The lowest BCUT2D eigenvalue weighted by atomic mass is 10.1. The van der Waals surface area contributed by atoms with E-state index < -0.39 is 0 Å². The number of methoxy groups -OCH3 is 1. The maximum atomic E-state index is 13.2. The van der Waals surface area contributed by atoms with E-state index in [1.807, 2.05) is 17.0 Å². The monoisotopic (exact) mass is 368 g/mol. The maximum Gasteiger partial charge on any atom is 0.244 e. The van der Waals surface area contributed by atoms with Crippen molar-refractivity contribution in [3.8, 4) is 5.75 Å². The topological polar surface area (TPSA) is 32.8 Å². The molecule has 5 heteroatoms. The zero-order valence-electron chi connectivity index (χ0n) is 14.7. The molecule has 0 aromatic heterocycles. The molecule has 4 nitrogen and oxygen atoms in total. The number of hydrogen-bond donors (Lipinski definition) is 0. The van der Waals surface area contributed by atoms with Gasteiger partial charge in [-0.15, -0.1) is 0 Å². The third-order valence-electron chi connectivity index (χ3n) is 6.10. The largest absolute Gasteiger partial charge is 0.495 e. The van der Waals surface area contributed by atoms with Crippen LogP contribution in [0.2, 0.25) is 5.02 Å². The summed E-state index contributed by atoms with van der Waals surface area (Å²) >= 11 is 6.18. The second-order valence-electron chi connectivity index (χ2n) is 7.46. The zero-order chi connectivity index (χ0) is 17.8. The van der Waals surface area contributed by atoms with Crippen LogP contribution in [0.25, 0.3) is 0 Å². The fourth-order valence-electron chi connectivity index (χ4n) is 4.95. The lowest BCUT2D eigenvalue weighted by molar-refractivity contribution is -0.123. The van der Waals surface area contributed by atoms with Crippen LogP contribution >= 0.6 is 11.6 Å². The number of carbonyl (C=O) groups is 1. The number of fused-ring (bicyclic) bond motifs is 3. The first-order chi connectivity index (χ1) is 12.7. The number of rotatable bonds is 3. The highest BCUT2D eigenvalue weighted by atomic mass is 35.5. The first-order valence-corrected chi connectivity index (χ1v) is 9.52. The molecule has 2 heterocycles. The Kier molecular flexibility index (Phi) is 3.73. The summed E-state index contributed by atoms with van der Waals surface area (Å²) in [5.41, 5.74) is 3.66. The molecule has 26 heavy (non-hydrogen) atoms. The first kappa shape index (κ1) is 16.2. The van der Waals surface area contributed by atoms with Crippen LogP contribution in [0.4, 0.5) is 5.69 Å². The van der Waals surface area contributed by atoms with E-state index in [2.05, 4.69) is 29.2 Å². The van der Waals surface area contributed by atoms with Gasteiger partial charge >= 0.3 is 0 Å². The van der Waals surface area contributed by atoms with E-state index in [0.717, 1.165) is 31.5 Å². The third-order valence-corrected chi connectivity index (χ3v) is 6.34. The molecule has 2 saturated heterocycles. The Morgan fingerprint density at radius 3 is 2.46 bits per heavy atom. The van der Waals surface area contributed by atoms with E-state index >= 15 is 0 Å². The summed E-state index contributed by atoms with van der Waals surface area (Å²) in [6, 6.07) is 14.7. The van der Waals surface area contributed by atoms with Gasteiger partial charge in [0, 0.05) is 17.6 Å². The summed E-state index contributed by atoms with van der Waals surface area (Å²) in [7, 11) is 1.63. The van der Waals surface area contributed by atoms with Gasteiger partial charge in [-0.2, -0.15) is 0 Å². The molecule has 5 rings (SSSR count). The number of likely N-dealkylation sites (tertiary alicyclic amines) is 1. The van der Waals surface area contributed by atoms with Crippen molar-refractivity contribution in [3.05, 3.63) is 58.6 Å². The predicted octanol–water partition coefficient (Wildman–Crippen LogP) is 3.31. The van der Waals surface area contributed by atoms with Gasteiger partial charge in [0.2, 0.25) is 5.91 Å². The second-order valence-corrected chi connectivity index (χ2v) is 7.89. The Morgan fingerprint density at radius 1 is 1.08 bits per heavy atom. The molecule has 3 aliphatic rings. The molecule has 2 aromatic carbocycles. The van der Waals surface area contributed by atoms with E-state index in [1.165, 1.54) is 11.1 Å². The van der Waals surface area contributed by atoms with Crippen molar-refractivity contribution >= 4 is 23.2 Å². The summed E-state index contributed by atoms with van der Waals surface area (Å²) in [5.74, 6) is 0.882. The van der Waals surface area contributed by atoms with E-state index in [-0.39, 0.29) is 18.0 Å². The third kappa shape index (κ3) is 2.36. The molecule has 2 atom stereocenters. The molecule has 0 radical (unpaired) electrons. The van der Waals surface area contributed by atoms with E-state index in [0.29, 0.717) is 16.8 Å². The number of nitrogens with zero attached hydrogens (tertiary/aromatic N) is 2. The van der Waals surface area contributed by atoms with Crippen molar-refractivity contribution in [2.75, 3.05) is 18.6 Å². The van der Waals surface area contributed by atoms with Crippen molar-refractivity contribution in [2.24, 2.45) is 0 Å². The summed E-state index contributed by atoms with van der Waals surface area (Å²) in [6.07, 6.45) is 2.99. The highest BCUT2D eigenvalue weighted by Crippen LogP contribution is 2.43. The summed E-state index contributed by atoms with van der Waals surface area (Å²) < 4.78 is 5.47. The lowest BCUT2D eigenvalue weighted by Crippen LogP contribution is -2.54. The fourth-order valence-corrected chi connectivity index (χ4v) is 5.12. The molecule has 2 bridgehead atoms. The quantitative estimate of drug-likeness (QED) is 0.833. The molecule has 2 aliphatic heterocycles. The van der Waals surface area contributed by atoms with Crippen LogP contribution in [0.3, 0.4) is 0 Å². The van der Waals surface area contributed by atoms with Crippen molar-refractivity contribution in [2.45, 2.75) is 37.4 Å². The SMILES string of the molecule is COc1ccc(Cl)cc1N1C(=O)[C@@H]2C[C@H]1CN2C1Cc2ccccc2C1. The Labute approximate surface area is 158 Å². The van der Waals surface area contributed by atoms with Gasteiger partial charge in [-0.25, -0.2) is 0 Å². The summed E-state index contributed by atoms with van der Waals surface area (Å²) in [4.78, 5) is 17.5. The molecular formula is C21H21ClN2O2. The van der Waals surface area contributed by atoms with Crippen LogP contribution < -0.4 is 9.64 Å². The molecule has 1 aliphatic carbocycles. The second kappa shape index (κ2) is 6.00. The maximum absolute atomic E-state index is 13.2. The fraction of sp³-hybridized carbons (Fsp3) is 0.381. The molecule has 0 N–H and O–H groups in total. The van der Waals surface area contributed by atoms with Crippen molar-refractivity contribution in [1.29, 1.82) is 0 Å². The van der Waals surface area contributed by atoms with Crippen molar-refractivity contribution in [1.82, 2.24) is 4.90 Å². The van der Waals surface area contributed by atoms with Gasteiger partial charge in [-0.1, -0.05) is 35.9 Å². The lowest BCUT2D eigenvalue weighted by Gasteiger charge is -2.37. The Balaban J connectivity index is 1.40. The summed E-state index contributed by atoms with van der Waals surface area (Å²) in [5, 5.41) is 0.625. The number of hydrogen-bond acceptors (Lipinski definition) is 3. The Morgan fingerprint density at radius 2 is 1.81 bits per heavy atom. The molecule has 0 spiro atoms. The average molecular weight is 369 g/mol. The number of halogens is 1. The number of piperazine rings is 1. The van der Waals surface area contributed by atoms with Crippen molar-refractivity contribution in [3.63, 3.8) is 0 Å². The normalized spacial score (nSPS) is 25.2. The highest BCUT2D eigenvalue weighted by Gasteiger charge is 2.53. The molecule has 0 saturated carbocycles. The van der Waals surface area contributed by atoms with Crippen LogP contribution in [-0.4, -0.2) is 42.6 Å². The van der Waals surface area contributed by atoms with E-state index in [9.17, 15) is 4.79 Å². The van der Waals surface area contributed by atoms with Crippen LogP contribution in [0.1, 0.15) is 17.5 Å². The zero-order valence-corrected chi connectivity index (χ0v) is 15.4. The average Bonchev–Trinajstić information content (AvgIpc) is 3.33. The Bertz CT molecular complexity index is 859. The number of benzene rings is 2. The van der Waals surface area contributed by atoms with E-state index in [1.54, 1.807) is 13.2 Å². The van der Waals surface area contributed by atoms with Gasteiger partial charge in [0.15, 0.2) is 0 Å². The van der Waals surface area contributed by atoms with Gasteiger partial charge < -0.3 is 9.64 Å². The van der Waals surface area contributed by atoms with Crippen LogP contribution in [0.5, 0.6) is 5.75 Å². The smallest absolute Gasteiger partial charge is 0.244 e. The number of amides is 1. The van der Waals surface area contributed by atoms with Crippen LogP contribution in [0.15, 0.2) is 42.5 Å². The van der Waals surface area contributed by atoms with Gasteiger partial charge in [-0.05, 0) is 48.6 Å².